The van der Waals surface area contributed by atoms with Gasteiger partial charge in [-0.3, -0.25) is 0 Å². The molecule has 1 heterocycles. The van der Waals surface area contributed by atoms with Crippen LogP contribution in [0.5, 0.6) is 0 Å². The molecule has 2 rings (SSSR count). The van der Waals surface area contributed by atoms with Gasteiger partial charge in [-0.15, -0.1) is 0 Å². The summed E-state index contributed by atoms with van der Waals surface area (Å²) in [6.07, 6.45) is 0. The molecule has 1 aromatic heterocycles. The van der Waals surface area contributed by atoms with Gasteiger partial charge < -0.3 is 9.73 Å². The van der Waals surface area contributed by atoms with Gasteiger partial charge in [0.15, 0.2) is 0 Å². The molecule has 1 unspecified atom stereocenters. The summed E-state index contributed by atoms with van der Waals surface area (Å²) in [5.41, 5.74) is 0.792. The van der Waals surface area contributed by atoms with Crippen molar-refractivity contribution in [3.8, 4) is 0 Å². The van der Waals surface area contributed by atoms with Gasteiger partial charge in [-0.05, 0) is 24.1 Å². The van der Waals surface area contributed by atoms with Gasteiger partial charge in [0, 0.05) is 16.5 Å². The summed E-state index contributed by atoms with van der Waals surface area (Å²) in [6.45, 7) is 9.52. The first-order chi connectivity index (χ1) is 8.82. The average molecular weight is 300 g/mol. The van der Waals surface area contributed by atoms with E-state index < -0.39 is 0 Å². The van der Waals surface area contributed by atoms with E-state index in [0.29, 0.717) is 10.0 Å². The molecule has 0 spiro atoms. The van der Waals surface area contributed by atoms with Crippen LogP contribution in [0, 0.1) is 5.41 Å². The lowest BCUT2D eigenvalue weighted by molar-refractivity contribution is 0.244. The van der Waals surface area contributed by atoms with E-state index in [1.807, 2.05) is 6.07 Å². The van der Waals surface area contributed by atoms with Crippen LogP contribution in [0.2, 0.25) is 10.0 Å². The van der Waals surface area contributed by atoms with Crippen molar-refractivity contribution in [3.05, 3.63) is 34.0 Å². The Balaban J connectivity index is 2.52. The molecule has 4 heteroatoms. The minimum absolute atomic E-state index is 0.0557. The van der Waals surface area contributed by atoms with E-state index in [4.69, 9.17) is 27.6 Å². The van der Waals surface area contributed by atoms with E-state index in [9.17, 15) is 0 Å². The summed E-state index contributed by atoms with van der Waals surface area (Å²) in [5, 5.41) is 5.59. The molecular weight excluding hydrogens is 281 g/mol. The van der Waals surface area contributed by atoms with Crippen molar-refractivity contribution in [2.75, 3.05) is 6.54 Å². The Morgan fingerprint density at radius 1 is 1.21 bits per heavy atom. The van der Waals surface area contributed by atoms with Gasteiger partial charge in [-0.1, -0.05) is 50.9 Å². The van der Waals surface area contributed by atoms with Gasteiger partial charge >= 0.3 is 0 Å². The van der Waals surface area contributed by atoms with Crippen LogP contribution in [0.25, 0.3) is 11.0 Å². The summed E-state index contributed by atoms with van der Waals surface area (Å²) in [7, 11) is 0. The maximum Gasteiger partial charge on any atom is 0.137 e. The topological polar surface area (TPSA) is 25.2 Å². The quantitative estimate of drug-likeness (QED) is 0.817. The van der Waals surface area contributed by atoms with Crippen LogP contribution < -0.4 is 5.32 Å². The predicted molar refractivity (Wildman–Crippen MR) is 82.1 cm³/mol. The fourth-order valence-corrected chi connectivity index (χ4v) is 2.79. The van der Waals surface area contributed by atoms with Crippen molar-refractivity contribution in [3.63, 3.8) is 0 Å². The van der Waals surface area contributed by atoms with Gasteiger partial charge in [0.25, 0.3) is 0 Å². The van der Waals surface area contributed by atoms with Crippen molar-refractivity contribution in [1.29, 1.82) is 0 Å². The molecule has 0 aliphatic heterocycles. The molecule has 2 nitrogen and oxygen atoms in total. The van der Waals surface area contributed by atoms with Gasteiger partial charge in [0.2, 0.25) is 0 Å². The molecule has 1 atom stereocenters. The standard InChI is InChI=1S/C15H19Cl2NO/c1-5-18-14(15(2,3)4)13-8-10-11(17)6-9(16)7-12(10)19-13/h6-8,14,18H,5H2,1-4H3. The molecule has 2 aromatic rings. The number of rotatable bonds is 3. The summed E-state index contributed by atoms with van der Waals surface area (Å²) in [4.78, 5) is 0. The van der Waals surface area contributed by atoms with Crippen LogP contribution in [0.1, 0.15) is 39.5 Å². The van der Waals surface area contributed by atoms with Gasteiger partial charge in [-0.2, -0.15) is 0 Å². The smallest absolute Gasteiger partial charge is 0.137 e. The molecule has 0 bridgehead atoms. The molecule has 104 valence electrons. The molecule has 0 radical (unpaired) electrons. The zero-order chi connectivity index (χ0) is 14.2. The summed E-state index contributed by atoms with van der Waals surface area (Å²) in [6, 6.07) is 5.69. The number of hydrogen-bond donors (Lipinski definition) is 1. The molecule has 0 aliphatic carbocycles. The van der Waals surface area contributed by atoms with Gasteiger partial charge in [0.05, 0.1) is 11.1 Å². The highest BCUT2D eigenvalue weighted by Crippen LogP contribution is 2.38. The van der Waals surface area contributed by atoms with Gasteiger partial charge in [-0.25, -0.2) is 0 Å². The lowest BCUT2D eigenvalue weighted by Gasteiger charge is -2.29. The SMILES string of the molecule is CCNC(c1cc2c(Cl)cc(Cl)cc2o1)C(C)(C)C. The van der Waals surface area contributed by atoms with Crippen LogP contribution in [-0.4, -0.2) is 6.54 Å². The Morgan fingerprint density at radius 2 is 1.89 bits per heavy atom. The number of hydrogen-bond acceptors (Lipinski definition) is 2. The maximum atomic E-state index is 6.21. The molecule has 0 amide bonds. The van der Waals surface area contributed by atoms with E-state index >= 15 is 0 Å². The number of nitrogens with one attached hydrogen (secondary N) is 1. The summed E-state index contributed by atoms with van der Waals surface area (Å²) < 4.78 is 5.94. The third kappa shape index (κ3) is 3.07. The Bertz CT molecular complexity index is 584. The third-order valence-electron chi connectivity index (χ3n) is 3.13. The van der Waals surface area contributed by atoms with Crippen LogP contribution >= 0.6 is 23.2 Å². The molecule has 0 fully saturated rings. The Labute approximate surface area is 124 Å². The highest BCUT2D eigenvalue weighted by atomic mass is 35.5. The lowest BCUT2D eigenvalue weighted by Crippen LogP contribution is -2.31. The zero-order valence-corrected chi connectivity index (χ0v) is 13.2. The minimum Gasteiger partial charge on any atom is -0.459 e. The second-order valence-electron chi connectivity index (χ2n) is 5.80. The summed E-state index contributed by atoms with van der Waals surface area (Å²) >= 11 is 12.2. The van der Waals surface area contributed by atoms with E-state index in [-0.39, 0.29) is 11.5 Å². The Hall–Kier alpha value is -0.700. The van der Waals surface area contributed by atoms with Crippen molar-refractivity contribution >= 4 is 34.2 Å². The van der Waals surface area contributed by atoms with Crippen molar-refractivity contribution in [2.45, 2.75) is 33.7 Å². The second kappa shape index (κ2) is 5.35. The molecule has 19 heavy (non-hydrogen) atoms. The maximum absolute atomic E-state index is 6.21. The average Bonchev–Trinajstić information content (AvgIpc) is 2.67. The van der Waals surface area contributed by atoms with E-state index in [1.54, 1.807) is 12.1 Å². The fourth-order valence-electron chi connectivity index (χ4n) is 2.26. The fraction of sp³-hybridized carbons (Fsp3) is 0.467. The van der Waals surface area contributed by atoms with Crippen LogP contribution in [0.15, 0.2) is 22.6 Å². The largest absolute Gasteiger partial charge is 0.459 e. The molecular formula is C15H19Cl2NO. The van der Waals surface area contributed by atoms with Crippen molar-refractivity contribution < 1.29 is 4.42 Å². The van der Waals surface area contributed by atoms with Crippen LogP contribution in [0.3, 0.4) is 0 Å². The lowest BCUT2D eigenvalue weighted by atomic mass is 9.85. The van der Waals surface area contributed by atoms with E-state index in [1.165, 1.54) is 0 Å². The molecule has 0 aliphatic rings. The van der Waals surface area contributed by atoms with Crippen LogP contribution in [0.4, 0.5) is 0 Å². The highest BCUT2D eigenvalue weighted by molar-refractivity contribution is 6.38. The summed E-state index contributed by atoms with van der Waals surface area (Å²) in [5.74, 6) is 0.897. The predicted octanol–water partition coefficient (Wildman–Crippen LogP) is 5.44. The molecule has 0 saturated heterocycles. The third-order valence-corrected chi connectivity index (χ3v) is 3.66. The Morgan fingerprint density at radius 3 is 2.47 bits per heavy atom. The molecule has 1 aromatic carbocycles. The monoisotopic (exact) mass is 299 g/mol. The first kappa shape index (κ1) is 14.7. The van der Waals surface area contributed by atoms with Gasteiger partial charge in [0.1, 0.15) is 11.3 Å². The minimum atomic E-state index is 0.0557. The Kier molecular flexibility index (Phi) is 4.14. The normalized spacial score (nSPS) is 14.0. The van der Waals surface area contributed by atoms with Crippen LogP contribution in [-0.2, 0) is 0 Å². The van der Waals surface area contributed by atoms with E-state index in [2.05, 4.69) is 33.0 Å². The molecule has 0 saturated carbocycles. The first-order valence-corrected chi connectivity index (χ1v) is 7.20. The van der Waals surface area contributed by atoms with E-state index in [0.717, 1.165) is 23.3 Å². The second-order valence-corrected chi connectivity index (χ2v) is 6.65. The first-order valence-electron chi connectivity index (χ1n) is 6.44. The molecule has 1 N–H and O–H groups in total. The number of furan rings is 1. The zero-order valence-electron chi connectivity index (χ0n) is 11.7. The number of halogens is 2. The number of fused-ring (bicyclic) bond motifs is 1. The number of benzene rings is 1. The van der Waals surface area contributed by atoms with Crippen molar-refractivity contribution in [1.82, 2.24) is 5.32 Å². The highest BCUT2D eigenvalue weighted by Gasteiger charge is 2.28. The van der Waals surface area contributed by atoms with Crippen molar-refractivity contribution in [2.24, 2.45) is 5.41 Å².